The summed E-state index contributed by atoms with van der Waals surface area (Å²) >= 11 is 0. The van der Waals surface area contributed by atoms with Gasteiger partial charge in [-0.25, -0.2) is 4.79 Å². The molecule has 0 spiro atoms. The molecule has 0 unspecified atom stereocenters. The van der Waals surface area contributed by atoms with Gasteiger partial charge in [-0.05, 0) is 37.5 Å². The number of hydrogen-bond acceptors (Lipinski definition) is 2. The Morgan fingerprint density at radius 1 is 1.42 bits per heavy atom. The topological polar surface area (TPSA) is 58.4 Å². The lowest BCUT2D eigenvalue weighted by Gasteiger charge is -2.27. The normalized spacial score (nSPS) is 15.5. The minimum atomic E-state index is 0.00331. The molecule has 2 rings (SSSR count). The van der Waals surface area contributed by atoms with Crippen LogP contribution in [0, 0.1) is 0 Å². The minimum absolute atomic E-state index is 0.00331. The molecule has 1 aromatic rings. The predicted molar refractivity (Wildman–Crippen MR) is 78.0 cm³/mol. The molecule has 1 saturated carbocycles. The molecule has 0 radical (unpaired) electrons. The predicted octanol–water partition coefficient (Wildman–Crippen LogP) is 2.94. The maximum Gasteiger partial charge on any atom is 0.322 e. The van der Waals surface area contributed by atoms with Gasteiger partial charge in [0.25, 0.3) is 0 Å². The van der Waals surface area contributed by atoms with E-state index in [0.29, 0.717) is 12.6 Å². The van der Waals surface area contributed by atoms with Gasteiger partial charge in [0.1, 0.15) is 0 Å². The molecule has 0 heterocycles. The van der Waals surface area contributed by atoms with Gasteiger partial charge in [-0.15, -0.1) is 0 Å². The van der Waals surface area contributed by atoms with Gasteiger partial charge in [0, 0.05) is 24.8 Å². The molecule has 1 aliphatic carbocycles. The smallest absolute Gasteiger partial charge is 0.322 e. The second-order valence-electron chi connectivity index (χ2n) is 5.06. The van der Waals surface area contributed by atoms with Gasteiger partial charge < -0.3 is 16.0 Å². The fraction of sp³-hybridized carbons (Fsp3) is 0.533. The van der Waals surface area contributed by atoms with Crippen molar-refractivity contribution in [2.24, 2.45) is 5.73 Å². The Labute approximate surface area is 115 Å². The molecule has 3 N–H and O–H groups in total. The fourth-order valence-corrected chi connectivity index (χ4v) is 2.75. The SMILES string of the molecule is CCN(C(=O)Nc1cccc(CN)c1)C1CCCC1. The second-order valence-corrected chi connectivity index (χ2v) is 5.06. The van der Waals surface area contributed by atoms with Gasteiger partial charge in [-0.2, -0.15) is 0 Å². The average molecular weight is 261 g/mol. The van der Waals surface area contributed by atoms with Crippen LogP contribution in [-0.4, -0.2) is 23.5 Å². The van der Waals surface area contributed by atoms with Gasteiger partial charge in [0.05, 0.1) is 0 Å². The number of carbonyl (C=O) groups excluding carboxylic acids is 1. The first kappa shape index (κ1) is 13.9. The summed E-state index contributed by atoms with van der Waals surface area (Å²) < 4.78 is 0. The molecule has 19 heavy (non-hydrogen) atoms. The third-order valence-electron chi connectivity index (χ3n) is 3.78. The van der Waals surface area contributed by atoms with Crippen LogP contribution >= 0.6 is 0 Å². The number of urea groups is 1. The lowest BCUT2D eigenvalue weighted by Crippen LogP contribution is -2.41. The number of anilines is 1. The van der Waals surface area contributed by atoms with Crippen LogP contribution in [0.25, 0.3) is 0 Å². The largest absolute Gasteiger partial charge is 0.326 e. The van der Waals surface area contributed by atoms with E-state index in [0.717, 1.165) is 30.6 Å². The van der Waals surface area contributed by atoms with Gasteiger partial charge in [-0.3, -0.25) is 0 Å². The van der Waals surface area contributed by atoms with Crippen molar-refractivity contribution >= 4 is 11.7 Å². The monoisotopic (exact) mass is 261 g/mol. The Morgan fingerprint density at radius 2 is 2.16 bits per heavy atom. The Balaban J connectivity index is 2.01. The number of amides is 2. The molecule has 4 heteroatoms. The van der Waals surface area contributed by atoms with Crippen molar-refractivity contribution in [3.8, 4) is 0 Å². The molecule has 0 aromatic heterocycles. The molecule has 0 bridgehead atoms. The first-order valence-corrected chi connectivity index (χ1v) is 7.11. The van der Waals surface area contributed by atoms with E-state index in [9.17, 15) is 4.79 Å². The Bertz CT molecular complexity index is 427. The third-order valence-corrected chi connectivity index (χ3v) is 3.78. The molecule has 0 saturated heterocycles. The number of nitrogens with one attached hydrogen (secondary N) is 1. The summed E-state index contributed by atoms with van der Waals surface area (Å²) in [5, 5.41) is 2.98. The van der Waals surface area contributed by atoms with Crippen LogP contribution in [0.1, 0.15) is 38.2 Å². The van der Waals surface area contributed by atoms with E-state index in [4.69, 9.17) is 5.73 Å². The van der Waals surface area contributed by atoms with Crippen molar-refractivity contribution < 1.29 is 4.79 Å². The number of nitrogens with zero attached hydrogens (tertiary/aromatic N) is 1. The zero-order valence-electron chi connectivity index (χ0n) is 11.6. The summed E-state index contributed by atoms with van der Waals surface area (Å²) in [7, 11) is 0. The quantitative estimate of drug-likeness (QED) is 0.875. The van der Waals surface area contributed by atoms with E-state index in [1.165, 1.54) is 12.8 Å². The van der Waals surface area contributed by atoms with Crippen molar-refractivity contribution in [3.05, 3.63) is 29.8 Å². The van der Waals surface area contributed by atoms with E-state index < -0.39 is 0 Å². The Hall–Kier alpha value is -1.55. The summed E-state index contributed by atoms with van der Waals surface area (Å²) in [5.41, 5.74) is 7.46. The maximum atomic E-state index is 12.3. The Kier molecular flexibility index (Phi) is 4.80. The number of rotatable bonds is 4. The van der Waals surface area contributed by atoms with Crippen molar-refractivity contribution in [2.75, 3.05) is 11.9 Å². The van der Waals surface area contributed by atoms with Crippen LogP contribution in [0.4, 0.5) is 10.5 Å². The van der Waals surface area contributed by atoms with E-state index in [1.807, 2.05) is 36.1 Å². The van der Waals surface area contributed by atoms with E-state index >= 15 is 0 Å². The highest BCUT2D eigenvalue weighted by atomic mass is 16.2. The van der Waals surface area contributed by atoms with Crippen LogP contribution in [0.5, 0.6) is 0 Å². The highest BCUT2D eigenvalue weighted by molar-refractivity contribution is 5.89. The van der Waals surface area contributed by atoms with Gasteiger partial charge in [-0.1, -0.05) is 25.0 Å². The fourth-order valence-electron chi connectivity index (χ4n) is 2.75. The first-order chi connectivity index (χ1) is 9.24. The van der Waals surface area contributed by atoms with Crippen molar-refractivity contribution in [1.29, 1.82) is 0 Å². The van der Waals surface area contributed by atoms with E-state index in [-0.39, 0.29) is 6.03 Å². The summed E-state index contributed by atoms with van der Waals surface area (Å²) in [6.07, 6.45) is 4.72. The van der Waals surface area contributed by atoms with Gasteiger partial charge >= 0.3 is 6.03 Å². The number of hydrogen-bond donors (Lipinski definition) is 2. The third kappa shape index (κ3) is 3.47. The summed E-state index contributed by atoms with van der Waals surface area (Å²) in [4.78, 5) is 14.3. The summed E-state index contributed by atoms with van der Waals surface area (Å²) in [5.74, 6) is 0. The van der Waals surface area contributed by atoms with Gasteiger partial charge in [0.2, 0.25) is 0 Å². The first-order valence-electron chi connectivity index (χ1n) is 7.11. The maximum absolute atomic E-state index is 12.3. The lowest BCUT2D eigenvalue weighted by atomic mass is 10.2. The van der Waals surface area contributed by atoms with Gasteiger partial charge in [0.15, 0.2) is 0 Å². The lowest BCUT2D eigenvalue weighted by molar-refractivity contribution is 0.192. The Morgan fingerprint density at radius 3 is 2.79 bits per heavy atom. The zero-order chi connectivity index (χ0) is 13.7. The van der Waals surface area contributed by atoms with Crippen molar-refractivity contribution in [2.45, 2.75) is 45.2 Å². The molecule has 2 amide bonds. The molecule has 1 aromatic carbocycles. The van der Waals surface area contributed by atoms with E-state index in [1.54, 1.807) is 0 Å². The molecule has 1 fully saturated rings. The van der Waals surface area contributed by atoms with Crippen LogP contribution in [0.15, 0.2) is 24.3 Å². The molecule has 4 nitrogen and oxygen atoms in total. The second kappa shape index (κ2) is 6.57. The van der Waals surface area contributed by atoms with Crippen LogP contribution in [0.3, 0.4) is 0 Å². The van der Waals surface area contributed by atoms with E-state index in [2.05, 4.69) is 5.32 Å². The van der Waals surface area contributed by atoms with Crippen LogP contribution in [0.2, 0.25) is 0 Å². The standard InChI is InChI=1S/C15H23N3O/c1-2-18(14-8-3-4-9-14)15(19)17-13-7-5-6-12(10-13)11-16/h5-7,10,14H,2-4,8-9,11,16H2,1H3,(H,17,19). The number of carbonyl (C=O) groups is 1. The van der Waals surface area contributed by atoms with Crippen molar-refractivity contribution in [3.63, 3.8) is 0 Å². The molecule has 1 aliphatic rings. The molecule has 0 aliphatic heterocycles. The average Bonchev–Trinajstić information content (AvgIpc) is 2.93. The minimum Gasteiger partial charge on any atom is -0.326 e. The molecular weight excluding hydrogens is 238 g/mol. The van der Waals surface area contributed by atoms with Crippen molar-refractivity contribution in [1.82, 2.24) is 4.90 Å². The highest BCUT2D eigenvalue weighted by Gasteiger charge is 2.25. The zero-order valence-corrected chi connectivity index (χ0v) is 11.6. The molecular formula is C15H23N3O. The summed E-state index contributed by atoms with van der Waals surface area (Å²) in [6, 6.07) is 8.12. The molecule has 104 valence electrons. The highest BCUT2D eigenvalue weighted by Crippen LogP contribution is 2.24. The number of benzene rings is 1. The molecule has 0 atom stereocenters. The number of nitrogens with two attached hydrogens (primary N) is 1. The van der Waals surface area contributed by atoms with Crippen LogP contribution < -0.4 is 11.1 Å². The summed E-state index contributed by atoms with van der Waals surface area (Å²) in [6.45, 7) is 3.28. The van der Waals surface area contributed by atoms with Crippen LogP contribution in [-0.2, 0) is 6.54 Å².